The number of nitrogens with zero attached hydrogens (tertiary/aromatic N) is 1. The zero-order chi connectivity index (χ0) is 47.2. The topological polar surface area (TPSA) is 214 Å². The van der Waals surface area contributed by atoms with Crippen LogP contribution in [0.4, 0.5) is 4.79 Å². The molecule has 5 atom stereocenters. The third kappa shape index (κ3) is 13.2. The van der Waals surface area contributed by atoms with Gasteiger partial charge in [0, 0.05) is 29.6 Å². The lowest BCUT2D eigenvalue weighted by Crippen LogP contribution is -2.60. The number of carbonyl (C=O) groups is 7. The number of para-hydroxylation sites is 1. The molecule has 1 aliphatic heterocycles. The molecule has 1 aliphatic carbocycles. The lowest BCUT2D eigenvalue weighted by Gasteiger charge is -2.32. The molecule has 1 aromatic heterocycles. The summed E-state index contributed by atoms with van der Waals surface area (Å²) < 4.78 is 16.0. The molecule has 0 spiro atoms. The molecule has 5 amide bonds. The predicted molar refractivity (Wildman–Crippen MR) is 245 cm³/mol. The molecule has 1 saturated carbocycles. The van der Waals surface area contributed by atoms with Gasteiger partial charge < -0.3 is 45.4 Å². The number of H-pyrrole nitrogens is 1. The van der Waals surface area contributed by atoms with Gasteiger partial charge in [-0.1, -0.05) is 106 Å². The number of rotatable bonds is 20. The summed E-state index contributed by atoms with van der Waals surface area (Å²) in [4.78, 5) is 101. The first-order valence-electron chi connectivity index (χ1n) is 22.8. The van der Waals surface area contributed by atoms with E-state index >= 15 is 0 Å². The summed E-state index contributed by atoms with van der Waals surface area (Å²) in [5.41, 5.74) is 3.89. The minimum atomic E-state index is -1.49. The van der Waals surface area contributed by atoms with Crippen LogP contribution in [0.25, 0.3) is 10.9 Å². The van der Waals surface area contributed by atoms with Crippen molar-refractivity contribution in [2.45, 2.75) is 122 Å². The van der Waals surface area contributed by atoms with E-state index in [4.69, 9.17) is 14.2 Å². The molecule has 352 valence electrons. The molecule has 1 saturated heterocycles. The Bertz CT molecular complexity index is 2310. The number of aromatic nitrogens is 1. The van der Waals surface area contributed by atoms with Gasteiger partial charge in [0.15, 0.2) is 0 Å². The fraction of sp³-hybridized carbons (Fsp3) is 0.460. The second-order valence-corrected chi connectivity index (χ2v) is 17.6. The summed E-state index contributed by atoms with van der Waals surface area (Å²) in [7, 11) is 1.16. The number of benzene rings is 3. The van der Waals surface area contributed by atoms with Gasteiger partial charge >= 0.3 is 18.0 Å². The number of amides is 5. The lowest BCUT2D eigenvalue weighted by molar-refractivity contribution is -0.150. The van der Waals surface area contributed by atoms with E-state index in [1.807, 2.05) is 93.6 Å². The van der Waals surface area contributed by atoms with Gasteiger partial charge in [-0.25, -0.2) is 9.59 Å². The quantitative estimate of drug-likeness (QED) is 0.0570. The number of esters is 2. The molecule has 2 aliphatic rings. The summed E-state index contributed by atoms with van der Waals surface area (Å²) in [5.74, 6) is -4.11. The maximum Gasteiger partial charge on any atom is 0.408 e. The highest BCUT2D eigenvalue weighted by Gasteiger charge is 2.42. The number of carbonyl (C=O) groups excluding carboxylic acids is 7. The van der Waals surface area contributed by atoms with Gasteiger partial charge in [0.25, 0.3) is 0 Å². The number of nitrogens with one attached hydrogen (secondary N) is 5. The minimum absolute atomic E-state index is 0.00336. The molecule has 2 fully saturated rings. The second kappa shape index (κ2) is 23.5. The first kappa shape index (κ1) is 48.7. The van der Waals surface area contributed by atoms with Crippen LogP contribution in [0.1, 0.15) is 87.6 Å². The molecule has 3 aromatic carbocycles. The van der Waals surface area contributed by atoms with Crippen LogP contribution < -0.4 is 21.3 Å². The molecular weight excluding hydrogens is 845 g/mol. The van der Waals surface area contributed by atoms with E-state index in [1.54, 1.807) is 12.1 Å². The fourth-order valence-corrected chi connectivity index (χ4v) is 8.86. The minimum Gasteiger partial charge on any atom is -0.469 e. The van der Waals surface area contributed by atoms with Crippen LogP contribution in [0, 0.1) is 18.8 Å². The van der Waals surface area contributed by atoms with E-state index < -0.39 is 78.3 Å². The Morgan fingerprint density at radius 3 is 1.98 bits per heavy atom. The highest BCUT2D eigenvalue weighted by Crippen LogP contribution is 2.29. The van der Waals surface area contributed by atoms with Gasteiger partial charge in [0.05, 0.1) is 13.5 Å². The molecule has 0 bridgehead atoms. The van der Waals surface area contributed by atoms with Crippen LogP contribution in [-0.4, -0.2) is 95.4 Å². The largest absolute Gasteiger partial charge is 0.469 e. The van der Waals surface area contributed by atoms with Gasteiger partial charge in [0.1, 0.15) is 43.4 Å². The maximum absolute atomic E-state index is 14.5. The monoisotopic (exact) mass is 906 g/mol. The average molecular weight is 907 g/mol. The normalized spacial score (nSPS) is 16.7. The number of ether oxygens (including phenoxy) is 3. The molecule has 2 heterocycles. The summed E-state index contributed by atoms with van der Waals surface area (Å²) in [5, 5.41) is 12.0. The van der Waals surface area contributed by atoms with Crippen molar-refractivity contribution in [3.63, 3.8) is 0 Å². The first-order chi connectivity index (χ1) is 31.8. The van der Waals surface area contributed by atoms with E-state index in [1.165, 1.54) is 4.90 Å². The molecule has 5 N–H and O–H groups in total. The number of likely N-dealkylation sites (tertiary alicyclic amines) is 1. The third-order valence-corrected chi connectivity index (χ3v) is 12.3. The third-order valence-electron chi connectivity index (χ3n) is 12.3. The highest BCUT2D eigenvalue weighted by molar-refractivity contribution is 5.98. The van der Waals surface area contributed by atoms with Crippen molar-refractivity contribution in [2.75, 3.05) is 13.7 Å². The maximum atomic E-state index is 14.5. The molecule has 4 aromatic rings. The molecule has 16 heteroatoms. The van der Waals surface area contributed by atoms with Crippen LogP contribution in [0.15, 0.2) is 84.9 Å². The van der Waals surface area contributed by atoms with Crippen molar-refractivity contribution in [2.24, 2.45) is 11.8 Å². The van der Waals surface area contributed by atoms with Crippen molar-refractivity contribution in [1.29, 1.82) is 0 Å². The summed E-state index contributed by atoms with van der Waals surface area (Å²) in [6.07, 6.45) is 2.67. The van der Waals surface area contributed by atoms with Crippen LogP contribution in [0.5, 0.6) is 0 Å². The molecule has 0 unspecified atom stereocenters. The molecule has 0 radical (unpaired) electrons. The zero-order valence-corrected chi connectivity index (χ0v) is 38.1. The highest BCUT2D eigenvalue weighted by atomic mass is 16.5. The Labute approximate surface area is 385 Å². The predicted octanol–water partition coefficient (Wildman–Crippen LogP) is 5.30. The summed E-state index contributed by atoms with van der Waals surface area (Å²) in [6.45, 7) is 5.84. The summed E-state index contributed by atoms with van der Waals surface area (Å²) >= 11 is 0. The fourth-order valence-electron chi connectivity index (χ4n) is 8.86. The SMILES string of the molecule is COC(=O)C[C@@H](NC(=O)[C@@H](Cc1c(C)[nH]c2ccccc12)NC(=O)OCc1ccccc1)C(=O)N1CCC[C@H]1C(=O)N[C@@H](C(=O)N[C@@H](CC(C)C)C(=O)OCc1ccccc1)C1CCCC1. The van der Waals surface area contributed by atoms with Crippen LogP contribution in [-0.2, 0) is 62.6 Å². The standard InChI is InChI=1S/C50H62N6O10/c1-31(2)26-41(49(62)65-29-33-16-7-5-8-17-33)53-47(60)44(35-20-11-12-21-35)55-46(59)42-24-15-25-56(42)48(61)40(28-43(57)64-4)52-45(58)39(54-50(63)66-30-34-18-9-6-10-19-34)27-37-32(3)51-38-23-14-13-22-36(37)38/h5-10,13-14,16-19,22-23,31,35,39-42,44,51H,11-12,15,20-21,24-30H2,1-4H3,(H,52,58)(H,53,60)(H,54,63)(H,55,59)/t39-,40-,41+,42+,44-/m1/s1. The molecule has 16 nitrogen and oxygen atoms in total. The van der Waals surface area contributed by atoms with Gasteiger partial charge in [0.2, 0.25) is 23.6 Å². The number of fused-ring (bicyclic) bond motifs is 1. The molecule has 6 rings (SSSR count). The molecular formula is C50H62N6O10. The number of methoxy groups -OCH3 is 1. The number of hydrogen-bond donors (Lipinski definition) is 5. The first-order valence-corrected chi connectivity index (χ1v) is 22.8. The lowest BCUT2D eigenvalue weighted by atomic mass is 9.95. The van der Waals surface area contributed by atoms with E-state index in [0.29, 0.717) is 25.7 Å². The van der Waals surface area contributed by atoms with Crippen LogP contribution >= 0.6 is 0 Å². The zero-order valence-electron chi connectivity index (χ0n) is 38.1. The van der Waals surface area contributed by atoms with Crippen molar-refractivity contribution >= 4 is 52.6 Å². The van der Waals surface area contributed by atoms with Crippen molar-refractivity contribution < 1.29 is 47.8 Å². The smallest absolute Gasteiger partial charge is 0.408 e. The van der Waals surface area contributed by atoms with Crippen molar-refractivity contribution in [3.05, 3.63) is 107 Å². The van der Waals surface area contributed by atoms with Gasteiger partial charge in [-0.15, -0.1) is 0 Å². The second-order valence-electron chi connectivity index (χ2n) is 17.6. The van der Waals surface area contributed by atoms with E-state index in [2.05, 4.69) is 26.3 Å². The molecule has 66 heavy (non-hydrogen) atoms. The van der Waals surface area contributed by atoms with Gasteiger partial charge in [-0.3, -0.25) is 24.0 Å². The van der Waals surface area contributed by atoms with Crippen molar-refractivity contribution in [3.8, 4) is 0 Å². The Hall–Kier alpha value is -6.71. The number of hydrogen-bond acceptors (Lipinski definition) is 10. The van der Waals surface area contributed by atoms with E-state index in [-0.39, 0.29) is 44.4 Å². The van der Waals surface area contributed by atoms with Crippen molar-refractivity contribution in [1.82, 2.24) is 31.2 Å². The Morgan fingerprint density at radius 2 is 1.33 bits per heavy atom. The Balaban J connectivity index is 1.18. The van der Waals surface area contributed by atoms with E-state index in [9.17, 15) is 33.6 Å². The van der Waals surface area contributed by atoms with E-state index in [0.717, 1.165) is 53.2 Å². The Kier molecular flexibility index (Phi) is 17.3. The number of aryl methyl sites for hydroxylation is 1. The van der Waals surface area contributed by atoms with Crippen LogP contribution in [0.3, 0.4) is 0 Å². The van der Waals surface area contributed by atoms with Crippen LogP contribution in [0.2, 0.25) is 0 Å². The summed E-state index contributed by atoms with van der Waals surface area (Å²) in [6, 6.07) is 20.0. The van der Waals surface area contributed by atoms with Gasteiger partial charge in [-0.2, -0.15) is 0 Å². The Morgan fingerprint density at radius 1 is 0.712 bits per heavy atom. The van der Waals surface area contributed by atoms with Gasteiger partial charge in [-0.05, 0) is 73.6 Å². The number of aromatic amines is 1. The number of alkyl carbamates (subject to hydrolysis) is 1. The average Bonchev–Trinajstić information content (AvgIpc) is 4.10.